The van der Waals surface area contributed by atoms with Gasteiger partial charge in [0.05, 0.1) is 12.9 Å². The lowest BCUT2D eigenvalue weighted by Crippen LogP contribution is -2.33. The molecule has 0 bridgehead atoms. The van der Waals surface area contributed by atoms with E-state index in [9.17, 15) is 19.8 Å². The number of rotatable bonds is 3. The van der Waals surface area contributed by atoms with Crippen molar-refractivity contribution in [3.63, 3.8) is 0 Å². The van der Waals surface area contributed by atoms with E-state index in [4.69, 9.17) is 9.84 Å². The Bertz CT molecular complexity index is 801. The van der Waals surface area contributed by atoms with Crippen molar-refractivity contribution in [2.75, 3.05) is 11.9 Å². The molecule has 11 heteroatoms. The first-order chi connectivity index (χ1) is 10.9. The van der Waals surface area contributed by atoms with E-state index in [0.29, 0.717) is 0 Å². The second-order valence-corrected chi connectivity index (χ2v) is 5.15. The van der Waals surface area contributed by atoms with E-state index in [0.717, 1.165) is 0 Å². The molecular weight excluding hydrogens is 310 g/mol. The lowest BCUT2D eigenvalue weighted by molar-refractivity contribution is -0.114. The SMILES string of the molecule is CC(=O)Nc1nc2c(ncn2[C@@H]2O[C@H](CO)[C@@H](O)[C@H]2O)c(=O)[nH]1. The third-order valence-electron chi connectivity index (χ3n) is 3.52. The van der Waals surface area contributed by atoms with Gasteiger partial charge in [-0.2, -0.15) is 4.98 Å². The number of nitrogens with zero attached hydrogens (tertiary/aromatic N) is 3. The fourth-order valence-corrected chi connectivity index (χ4v) is 2.45. The summed E-state index contributed by atoms with van der Waals surface area (Å²) in [6.07, 6.45) is -3.45. The molecule has 1 aliphatic rings. The Morgan fingerprint density at radius 3 is 2.83 bits per heavy atom. The van der Waals surface area contributed by atoms with E-state index < -0.39 is 42.6 Å². The monoisotopic (exact) mass is 325 g/mol. The van der Waals surface area contributed by atoms with Gasteiger partial charge < -0.3 is 20.1 Å². The Morgan fingerprint density at radius 2 is 2.22 bits per heavy atom. The molecule has 2 aromatic heterocycles. The molecule has 1 aliphatic heterocycles. The molecule has 23 heavy (non-hydrogen) atoms. The highest BCUT2D eigenvalue weighted by atomic mass is 16.6. The third-order valence-corrected chi connectivity index (χ3v) is 3.52. The fraction of sp³-hybridized carbons (Fsp3) is 0.500. The number of carbonyl (C=O) groups is 1. The Balaban J connectivity index is 2.06. The first-order valence-corrected chi connectivity index (χ1v) is 6.79. The average Bonchev–Trinajstić information content (AvgIpc) is 3.01. The minimum atomic E-state index is -1.34. The number of ether oxygens (including phenoxy) is 1. The molecule has 0 spiro atoms. The summed E-state index contributed by atoms with van der Waals surface area (Å²) < 4.78 is 6.65. The van der Waals surface area contributed by atoms with Crippen LogP contribution in [0.1, 0.15) is 13.2 Å². The van der Waals surface area contributed by atoms with Crippen LogP contribution < -0.4 is 10.9 Å². The van der Waals surface area contributed by atoms with Gasteiger partial charge in [-0.05, 0) is 0 Å². The zero-order valence-corrected chi connectivity index (χ0v) is 12.0. The van der Waals surface area contributed by atoms with Crippen molar-refractivity contribution in [2.45, 2.75) is 31.5 Å². The molecule has 1 amide bonds. The second-order valence-electron chi connectivity index (χ2n) is 5.15. The third kappa shape index (κ3) is 2.59. The summed E-state index contributed by atoms with van der Waals surface area (Å²) in [7, 11) is 0. The van der Waals surface area contributed by atoms with Crippen molar-refractivity contribution in [1.29, 1.82) is 0 Å². The van der Waals surface area contributed by atoms with Crippen LogP contribution in [0.25, 0.3) is 11.2 Å². The van der Waals surface area contributed by atoms with Crippen LogP contribution in [0.2, 0.25) is 0 Å². The van der Waals surface area contributed by atoms with Gasteiger partial charge in [0.2, 0.25) is 11.9 Å². The van der Waals surface area contributed by atoms with Gasteiger partial charge in [-0.15, -0.1) is 0 Å². The van der Waals surface area contributed by atoms with Gasteiger partial charge in [0.15, 0.2) is 17.4 Å². The molecule has 4 atom stereocenters. The number of carbonyl (C=O) groups excluding carboxylic acids is 1. The molecule has 3 heterocycles. The lowest BCUT2D eigenvalue weighted by atomic mass is 10.1. The summed E-state index contributed by atoms with van der Waals surface area (Å²) in [5, 5.41) is 31.3. The van der Waals surface area contributed by atoms with Crippen LogP contribution in [-0.4, -0.2) is 65.7 Å². The first-order valence-electron chi connectivity index (χ1n) is 6.79. The van der Waals surface area contributed by atoms with Crippen LogP contribution >= 0.6 is 0 Å². The summed E-state index contributed by atoms with van der Waals surface area (Å²) in [6, 6.07) is 0. The highest BCUT2D eigenvalue weighted by molar-refractivity contribution is 5.87. The molecule has 0 aliphatic carbocycles. The minimum Gasteiger partial charge on any atom is -0.394 e. The van der Waals surface area contributed by atoms with Crippen LogP contribution in [-0.2, 0) is 9.53 Å². The van der Waals surface area contributed by atoms with Gasteiger partial charge in [0, 0.05) is 6.92 Å². The maximum absolute atomic E-state index is 12.0. The standard InChI is InChI=1S/C12H15N5O6/c1-4(19)14-12-15-9-6(10(22)16-12)13-3-17(9)11-8(21)7(20)5(2-18)23-11/h3,5,7-8,11,18,20-21H,2H2,1H3,(H2,14,15,16,19,22)/t5-,7-,8-,11-/m1/s1. The fourth-order valence-electron chi connectivity index (χ4n) is 2.45. The van der Waals surface area contributed by atoms with Crippen LogP contribution in [0.3, 0.4) is 0 Å². The largest absolute Gasteiger partial charge is 0.394 e. The maximum Gasteiger partial charge on any atom is 0.280 e. The summed E-state index contributed by atoms with van der Waals surface area (Å²) in [6.45, 7) is 0.778. The molecule has 124 valence electrons. The predicted molar refractivity (Wildman–Crippen MR) is 75.5 cm³/mol. The molecule has 1 fully saturated rings. The van der Waals surface area contributed by atoms with Crippen molar-refractivity contribution in [1.82, 2.24) is 19.5 Å². The topological polar surface area (TPSA) is 163 Å². The minimum absolute atomic E-state index is 0.0168. The Morgan fingerprint density at radius 1 is 1.48 bits per heavy atom. The van der Waals surface area contributed by atoms with Crippen molar-refractivity contribution in [2.24, 2.45) is 0 Å². The van der Waals surface area contributed by atoms with E-state index in [2.05, 4.69) is 20.3 Å². The zero-order chi connectivity index (χ0) is 16.7. The van der Waals surface area contributed by atoms with Gasteiger partial charge >= 0.3 is 0 Å². The van der Waals surface area contributed by atoms with Gasteiger partial charge in [0.1, 0.15) is 18.3 Å². The molecule has 1 saturated heterocycles. The van der Waals surface area contributed by atoms with E-state index in [1.54, 1.807) is 0 Å². The Kier molecular flexibility index (Phi) is 3.85. The van der Waals surface area contributed by atoms with E-state index in [-0.39, 0.29) is 17.1 Å². The van der Waals surface area contributed by atoms with Crippen molar-refractivity contribution in [3.8, 4) is 0 Å². The van der Waals surface area contributed by atoms with E-state index in [1.807, 2.05) is 0 Å². The molecule has 0 aromatic carbocycles. The van der Waals surface area contributed by atoms with Gasteiger partial charge in [-0.3, -0.25) is 24.5 Å². The molecular formula is C12H15N5O6. The number of amides is 1. The summed E-state index contributed by atoms with van der Waals surface area (Å²) in [5.41, 5.74) is -0.534. The summed E-state index contributed by atoms with van der Waals surface area (Å²) in [4.78, 5) is 33.4. The highest BCUT2D eigenvalue weighted by Gasteiger charge is 2.44. The van der Waals surface area contributed by atoms with Gasteiger partial charge in [0.25, 0.3) is 5.56 Å². The van der Waals surface area contributed by atoms with E-state index >= 15 is 0 Å². The number of hydrogen-bond donors (Lipinski definition) is 5. The number of H-pyrrole nitrogens is 1. The molecule has 0 radical (unpaired) electrons. The number of anilines is 1. The number of imidazole rings is 1. The number of aromatic nitrogens is 4. The summed E-state index contributed by atoms with van der Waals surface area (Å²) >= 11 is 0. The van der Waals surface area contributed by atoms with Crippen molar-refractivity contribution >= 4 is 23.0 Å². The van der Waals surface area contributed by atoms with Crippen LogP contribution in [0.15, 0.2) is 11.1 Å². The smallest absolute Gasteiger partial charge is 0.280 e. The predicted octanol–water partition coefficient (Wildman–Crippen LogP) is -2.31. The molecule has 11 nitrogen and oxygen atoms in total. The molecule has 2 aromatic rings. The van der Waals surface area contributed by atoms with Crippen LogP contribution in [0.5, 0.6) is 0 Å². The lowest BCUT2D eigenvalue weighted by Gasteiger charge is -2.16. The normalized spacial score (nSPS) is 27.5. The quantitative estimate of drug-likeness (QED) is 0.420. The number of nitrogens with one attached hydrogen (secondary N) is 2. The van der Waals surface area contributed by atoms with Gasteiger partial charge in [-0.25, -0.2) is 4.98 Å². The molecule has 5 N–H and O–H groups in total. The molecule has 3 rings (SSSR count). The number of aliphatic hydroxyl groups excluding tert-OH is 3. The van der Waals surface area contributed by atoms with E-state index in [1.165, 1.54) is 17.8 Å². The maximum atomic E-state index is 12.0. The van der Waals surface area contributed by atoms with Gasteiger partial charge in [-0.1, -0.05) is 0 Å². The number of hydrogen-bond acceptors (Lipinski definition) is 8. The Hall–Kier alpha value is -2.34. The number of fused-ring (bicyclic) bond motifs is 1. The van der Waals surface area contributed by atoms with Crippen LogP contribution in [0.4, 0.5) is 5.95 Å². The summed E-state index contributed by atoms with van der Waals surface area (Å²) in [5.74, 6) is -0.505. The number of aliphatic hydroxyl groups is 3. The average molecular weight is 325 g/mol. The highest BCUT2D eigenvalue weighted by Crippen LogP contribution is 2.30. The first kappa shape index (κ1) is 15.6. The van der Waals surface area contributed by atoms with Crippen molar-refractivity contribution in [3.05, 3.63) is 16.7 Å². The van der Waals surface area contributed by atoms with Crippen molar-refractivity contribution < 1.29 is 24.9 Å². The zero-order valence-electron chi connectivity index (χ0n) is 12.0. The molecule has 0 unspecified atom stereocenters. The van der Waals surface area contributed by atoms with Crippen LogP contribution in [0, 0.1) is 0 Å². The molecule has 0 saturated carbocycles. The Labute approximate surface area is 128 Å². The number of aromatic amines is 1. The second kappa shape index (κ2) is 5.70.